The fraction of sp³-hybridized carbons (Fsp3) is 0.444. The zero-order valence-electron chi connectivity index (χ0n) is 14.3. The van der Waals surface area contributed by atoms with Gasteiger partial charge in [-0.25, -0.2) is 13.6 Å². The Morgan fingerprint density at radius 1 is 1.33 bits per heavy atom. The first-order valence-corrected chi connectivity index (χ1v) is 9.72. The van der Waals surface area contributed by atoms with E-state index in [1.807, 2.05) is 26.1 Å². The molecule has 0 spiro atoms. The Hall–Kier alpha value is -1.63. The molecule has 2 aromatic rings. The molecule has 6 heteroatoms. The third kappa shape index (κ3) is 3.71. The molecule has 0 bridgehead atoms. The molecule has 0 saturated heterocycles. The summed E-state index contributed by atoms with van der Waals surface area (Å²) in [6, 6.07) is 10.9. The molecule has 1 aliphatic rings. The molecular formula is C18H24N2O3S. The molecule has 1 aromatic carbocycles. The zero-order chi connectivity index (χ0) is 17.5. The van der Waals surface area contributed by atoms with E-state index in [2.05, 4.69) is 17.9 Å². The lowest BCUT2D eigenvalue weighted by atomic mass is 10.1. The molecule has 0 amide bonds. The molecule has 3 rings (SSSR count). The summed E-state index contributed by atoms with van der Waals surface area (Å²) in [6.45, 7) is 4.94. The van der Waals surface area contributed by atoms with Gasteiger partial charge in [0.25, 0.3) is 0 Å². The molecule has 0 aliphatic heterocycles. The van der Waals surface area contributed by atoms with Gasteiger partial charge in [0.05, 0.1) is 11.4 Å². The first-order valence-electron chi connectivity index (χ1n) is 8.17. The highest BCUT2D eigenvalue weighted by molar-refractivity contribution is 7.89. The smallest absolute Gasteiger partial charge is 0.238 e. The van der Waals surface area contributed by atoms with Crippen molar-refractivity contribution in [3.8, 4) is 0 Å². The third-order valence-electron chi connectivity index (χ3n) is 4.89. The second-order valence-electron chi connectivity index (χ2n) is 6.83. The predicted octanol–water partition coefficient (Wildman–Crippen LogP) is 3.24. The predicted molar refractivity (Wildman–Crippen MR) is 92.9 cm³/mol. The van der Waals surface area contributed by atoms with Crippen LogP contribution < -0.4 is 5.14 Å². The SMILES string of the molecule is C[C@@H]1C[C@@H]1c1ccc(CN(C)[C@@H](C)c2cccc(S(N)(=O)=O)c2)o1. The number of nitrogens with zero attached hydrogens (tertiary/aromatic N) is 1. The maximum atomic E-state index is 11.5. The lowest BCUT2D eigenvalue weighted by Gasteiger charge is -2.24. The summed E-state index contributed by atoms with van der Waals surface area (Å²) in [5.41, 5.74) is 0.909. The van der Waals surface area contributed by atoms with Crippen LogP contribution in [0.25, 0.3) is 0 Å². The van der Waals surface area contributed by atoms with E-state index >= 15 is 0 Å². The van der Waals surface area contributed by atoms with Crippen molar-refractivity contribution in [1.29, 1.82) is 0 Å². The number of sulfonamides is 1. The van der Waals surface area contributed by atoms with Gasteiger partial charge in [-0.15, -0.1) is 0 Å². The minimum atomic E-state index is -3.68. The van der Waals surface area contributed by atoms with Gasteiger partial charge in [-0.05, 0) is 56.1 Å². The first kappa shape index (κ1) is 17.2. The van der Waals surface area contributed by atoms with E-state index in [9.17, 15) is 8.42 Å². The Balaban J connectivity index is 1.70. The monoisotopic (exact) mass is 348 g/mol. The van der Waals surface area contributed by atoms with Crippen molar-refractivity contribution >= 4 is 10.0 Å². The van der Waals surface area contributed by atoms with Gasteiger partial charge in [0, 0.05) is 12.0 Å². The lowest BCUT2D eigenvalue weighted by Crippen LogP contribution is -2.22. The molecule has 1 aliphatic carbocycles. The highest BCUT2D eigenvalue weighted by atomic mass is 32.2. The average Bonchev–Trinajstić information content (AvgIpc) is 3.08. The number of benzene rings is 1. The van der Waals surface area contributed by atoms with Crippen molar-refractivity contribution in [2.75, 3.05) is 7.05 Å². The van der Waals surface area contributed by atoms with Crippen LogP contribution in [0.4, 0.5) is 0 Å². The van der Waals surface area contributed by atoms with Crippen molar-refractivity contribution in [3.05, 3.63) is 53.5 Å². The van der Waals surface area contributed by atoms with Crippen LogP contribution in [0.15, 0.2) is 45.7 Å². The van der Waals surface area contributed by atoms with Crippen LogP contribution in [0.1, 0.15) is 49.3 Å². The van der Waals surface area contributed by atoms with E-state index in [4.69, 9.17) is 9.56 Å². The summed E-state index contributed by atoms with van der Waals surface area (Å²) in [5.74, 6) is 3.31. The van der Waals surface area contributed by atoms with Crippen LogP contribution in [0.2, 0.25) is 0 Å². The molecule has 1 heterocycles. The number of furan rings is 1. The molecule has 1 fully saturated rings. The van der Waals surface area contributed by atoms with E-state index < -0.39 is 10.0 Å². The van der Waals surface area contributed by atoms with E-state index in [1.165, 1.54) is 12.5 Å². The number of hydrogen-bond donors (Lipinski definition) is 1. The van der Waals surface area contributed by atoms with Crippen molar-refractivity contribution in [3.63, 3.8) is 0 Å². The molecule has 1 saturated carbocycles. The van der Waals surface area contributed by atoms with Crippen molar-refractivity contribution in [2.45, 2.75) is 43.7 Å². The van der Waals surface area contributed by atoms with Gasteiger partial charge in [-0.2, -0.15) is 0 Å². The quantitative estimate of drug-likeness (QED) is 0.869. The van der Waals surface area contributed by atoms with Gasteiger partial charge in [-0.1, -0.05) is 19.1 Å². The molecule has 130 valence electrons. The van der Waals surface area contributed by atoms with Gasteiger partial charge in [0.1, 0.15) is 11.5 Å². The minimum Gasteiger partial charge on any atom is -0.464 e. The Kier molecular flexibility index (Phi) is 4.55. The van der Waals surface area contributed by atoms with Crippen LogP contribution in [-0.2, 0) is 16.6 Å². The Morgan fingerprint density at radius 2 is 2.04 bits per heavy atom. The normalized spacial score (nSPS) is 21.9. The van der Waals surface area contributed by atoms with Crippen molar-refractivity contribution < 1.29 is 12.8 Å². The van der Waals surface area contributed by atoms with Crippen molar-refractivity contribution in [1.82, 2.24) is 4.90 Å². The van der Waals surface area contributed by atoms with E-state index in [1.54, 1.807) is 12.1 Å². The zero-order valence-corrected chi connectivity index (χ0v) is 15.1. The van der Waals surface area contributed by atoms with E-state index in [0.29, 0.717) is 12.5 Å². The van der Waals surface area contributed by atoms with Gasteiger partial charge in [0.2, 0.25) is 10.0 Å². The maximum Gasteiger partial charge on any atom is 0.238 e. The van der Waals surface area contributed by atoms with Gasteiger partial charge < -0.3 is 4.42 Å². The lowest BCUT2D eigenvalue weighted by molar-refractivity contribution is 0.230. The summed E-state index contributed by atoms with van der Waals surface area (Å²) in [6.07, 6.45) is 1.21. The molecule has 0 radical (unpaired) electrons. The second kappa shape index (κ2) is 6.35. The summed E-state index contributed by atoms with van der Waals surface area (Å²) < 4.78 is 29.0. The van der Waals surface area contributed by atoms with Gasteiger partial charge in [-0.3, -0.25) is 4.90 Å². The second-order valence-corrected chi connectivity index (χ2v) is 8.39. The Labute approximate surface area is 143 Å². The fourth-order valence-electron chi connectivity index (χ4n) is 2.99. The maximum absolute atomic E-state index is 11.5. The number of hydrogen-bond acceptors (Lipinski definition) is 4. The van der Waals surface area contributed by atoms with E-state index in [0.717, 1.165) is 23.0 Å². The average molecular weight is 348 g/mol. The molecule has 3 atom stereocenters. The highest BCUT2D eigenvalue weighted by Crippen LogP contribution is 2.47. The first-order chi connectivity index (χ1) is 11.3. The van der Waals surface area contributed by atoms with Gasteiger partial charge >= 0.3 is 0 Å². The molecule has 2 N–H and O–H groups in total. The van der Waals surface area contributed by atoms with Crippen LogP contribution >= 0.6 is 0 Å². The summed E-state index contributed by atoms with van der Waals surface area (Å²) in [5, 5.41) is 5.22. The Morgan fingerprint density at radius 3 is 2.67 bits per heavy atom. The molecule has 1 aromatic heterocycles. The van der Waals surface area contributed by atoms with Crippen LogP contribution in [-0.4, -0.2) is 20.4 Å². The highest BCUT2D eigenvalue weighted by Gasteiger charge is 2.36. The molecule has 24 heavy (non-hydrogen) atoms. The standard InChI is InChI=1S/C18H24N2O3S/c1-12-9-17(12)18-8-7-15(23-18)11-20(3)13(2)14-5-4-6-16(10-14)24(19,21)22/h4-8,10,12-13,17H,9,11H2,1-3H3,(H2,19,21,22)/t12-,13+,17+/m1/s1. The van der Waals surface area contributed by atoms with Crippen LogP contribution in [0.3, 0.4) is 0 Å². The molecule has 0 unspecified atom stereocenters. The van der Waals surface area contributed by atoms with Crippen LogP contribution in [0, 0.1) is 5.92 Å². The fourth-order valence-corrected chi connectivity index (χ4v) is 3.55. The summed E-state index contributed by atoms with van der Waals surface area (Å²) in [4.78, 5) is 2.27. The number of rotatable bonds is 6. The summed E-state index contributed by atoms with van der Waals surface area (Å²) in [7, 11) is -1.69. The molecular weight excluding hydrogens is 324 g/mol. The van der Waals surface area contributed by atoms with E-state index in [-0.39, 0.29) is 10.9 Å². The largest absolute Gasteiger partial charge is 0.464 e. The third-order valence-corrected chi connectivity index (χ3v) is 5.80. The molecule has 5 nitrogen and oxygen atoms in total. The van der Waals surface area contributed by atoms with Gasteiger partial charge in [0.15, 0.2) is 0 Å². The van der Waals surface area contributed by atoms with Crippen LogP contribution in [0.5, 0.6) is 0 Å². The summed E-state index contributed by atoms with van der Waals surface area (Å²) >= 11 is 0. The topological polar surface area (TPSA) is 76.5 Å². The minimum absolute atomic E-state index is 0.0418. The number of nitrogens with two attached hydrogens (primary N) is 1. The Bertz CT molecular complexity index is 828. The number of primary sulfonamides is 1. The van der Waals surface area contributed by atoms with Crippen molar-refractivity contribution in [2.24, 2.45) is 11.1 Å².